The Kier molecular flexibility index (Phi) is 2.05. The van der Waals surface area contributed by atoms with Crippen LogP contribution < -0.4 is 5.73 Å². The molecule has 0 aromatic rings. The van der Waals surface area contributed by atoms with Crippen LogP contribution in [0.5, 0.6) is 0 Å². The van der Waals surface area contributed by atoms with Gasteiger partial charge in [0.15, 0.2) is 0 Å². The number of rotatable bonds is 1. The summed E-state index contributed by atoms with van der Waals surface area (Å²) in [5, 5.41) is 8.65. The molecule has 3 nitrogen and oxygen atoms in total. The maximum absolute atomic E-state index is 8.65. The van der Waals surface area contributed by atoms with Crippen molar-refractivity contribution in [3.63, 3.8) is 0 Å². The van der Waals surface area contributed by atoms with Gasteiger partial charge in [-0.3, -0.25) is 0 Å². The van der Waals surface area contributed by atoms with Crippen LogP contribution in [0.25, 0.3) is 0 Å². The summed E-state index contributed by atoms with van der Waals surface area (Å²) in [7, 11) is 0. The van der Waals surface area contributed by atoms with E-state index in [2.05, 4.69) is 0 Å². The minimum atomic E-state index is -0.125. The van der Waals surface area contributed by atoms with Gasteiger partial charge in [0, 0.05) is 6.04 Å². The molecule has 0 aromatic heterocycles. The van der Waals surface area contributed by atoms with Crippen LogP contribution in [0.3, 0.4) is 0 Å². The Balaban J connectivity index is 2.38. The molecular formula is C6H13NO2. The summed E-state index contributed by atoms with van der Waals surface area (Å²) >= 11 is 0. The Morgan fingerprint density at radius 1 is 1.78 bits per heavy atom. The van der Waals surface area contributed by atoms with Gasteiger partial charge >= 0.3 is 0 Å². The molecule has 0 unspecified atom stereocenters. The first-order valence-corrected chi connectivity index (χ1v) is 3.26. The maximum Gasteiger partial charge on any atom is 0.0960 e. The summed E-state index contributed by atoms with van der Waals surface area (Å²) in [6.07, 6.45) is 0.961. The van der Waals surface area contributed by atoms with E-state index in [1.807, 2.05) is 6.92 Å². The molecule has 0 saturated carbocycles. The van der Waals surface area contributed by atoms with Gasteiger partial charge in [-0.15, -0.1) is 0 Å². The third-order valence-corrected chi connectivity index (χ3v) is 1.67. The van der Waals surface area contributed by atoms with Crippen molar-refractivity contribution >= 4 is 0 Å². The second kappa shape index (κ2) is 2.64. The molecule has 1 fully saturated rings. The van der Waals surface area contributed by atoms with Gasteiger partial charge in [-0.05, 0) is 13.3 Å². The van der Waals surface area contributed by atoms with E-state index < -0.39 is 0 Å². The number of ether oxygens (including phenoxy) is 1. The van der Waals surface area contributed by atoms with Gasteiger partial charge in [0.1, 0.15) is 0 Å². The van der Waals surface area contributed by atoms with Gasteiger partial charge in [-0.2, -0.15) is 0 Å². The first-order valence-electron chi connectivity index (χ1n) is 3.26. The minimum absolute atomic E-state index is 0.0324. The van der Waals surface area contributed by atoms with Crippen LogP contribution in [0.1, 0.15) is 13.3 Å². The van der Waals surface area contributed by atoms with Crippen LogP contribution in [-0.2, 0) is 4.74 Å². The van der Waals surface area contributed by atoms with E-state index in [-0.39, 0.29) is 24.9 Å². The third kappa shape index (κ3) is 1.41. The van der Waals surface area contributed by atoms with Crippen molar-refractivity contribution in [1.82, 2.24) is 0 Å². The van der Waals surface area contributed by atoms with Crippen molar-refractivity contribution in [2.75, 3.05) is 6.61 Å². The van der Waals surface area contributed by atoms with Crippen molar-refractivity contribution in [3.8, 4) is 0 Å². The van der Waals surface area contributed by atoms with Crippen LogP contribution in [0.2, 0.25) is 0 Å². The summed E-state index contributed by atoms with van der Waals surface area (Å²) in [5.74, 6) is 0. The molecule has 0 amide bonds. The Labute approximate surface area is 54.8 Å². The van der Waals surface area contributed by atoms with E-state index >= 15 is 0 Å². The molecule has 0 radical (unpaired) electrons. The first kappa shape index (κ1) is 6.99. The second-order valence-corrected chi connectivity index (χ2v) is 2.57. The molecule has 3 N–H and O–H groups in total. The number of hydrogen-bond donors (Lipinski definition) is 2. The SMILES string of the molecule is C[C@H]1C[C@@H](N)[C@@H](CO)O1. The van der Waals surface area contributed by atoms with Crippen molar-refractivity contribution < 1.29 is 9.84 Å². The average Bonchev–Trinajstić information content (AvgIpc) is 2.10. The van der Waals surface area contributed by atoms with Crippen molar-refractivity contribution in [1.29, 1.82) is 0 Å². The summed E-state index contributed by atoms with van der Waals surface area (Å²) in [6.45, 7) is 2.01. The summed E-state index contributed by atoms with van der Waals surface area (Å²) in [6, 6.07) is 0.0324. The molecule has 1 aliphatic rings. The van der Waals surface area contributed by atoms with Crippen molar-refractivity contribution in [3.05, 3.63) is 0 Å². The van der Waals surface area contributed by atoms with E-state index in [0.29, 0.717) is 0 Å². The number of aliphatic hydroxyl groups is 1. The second-order valence-electron chi connectivity index (χ2n) is 2.57. The highest BCUT2D eigenvalue weighted by molar-refractivity contribution is 4.82. The van der Waals surface area contributed by atoms with Gasteiger partial charge in [0.2, 0.25) is 0 Å². The minimum Gasteiger partial charge on any atom is -0.394 e. The van der Waals surface area contributed by atoms with Gasteiger partial charge in [-0.1, -0.05) is 0 Å². The molecule has 3 atom stereocenters. The predicted octanol–water partition coefficient (Wildman–Crippen LogP) is -0.517. The van der Waals surface area contributed by atoms with Crippen LogP contribution in [0.15, 0.2) is 0 Å². The first-order chi connectivity index (χ1) is 4.24. The summed E-state index contributed by atoms with van der Waals surface area (Å²) in [5.41, 5.74) is 5.59. The van der Waals surface area contributed by atoms with E-state index in [4.69, 9.17) is 15.6 Å². The molecule has 0 aromatic carbocycles. The molecule has 1 rings (SSSR count). The number of hydrogen-bond acceptors (Lipinski definition) is 3. The molecule has 1 aliphatic heterocycles. The lowest BCUT2D eigenvalue weighted by Gasteiger charge is -2.09. The van der Waals surface area contributed by atoms with Gasteiger partial charge in [0.25, 0.3) is 0 Å². The van der Waals surface area contributed by atoms with E-state index in [1.54, 1.807) is 0 Å². The van der Waals surface area contributed by atoms with Crippen LogP contribution >= 0.6 is 0 Å². The number of aliphatic hydroxyl groups excluding tert-OH is 1. The Bertz CT molecular complexity index is 97.1. The smallest absolute Gasteiger partial charge is 0.0960 e. The molecule has 1 saturated heterocycles. The zero-order valence-electron chi connectivity index (χ0n) is 5.58. The summed E-state index contributed by atoms with van der Waals surface area (Å²) in [4.78, 5) is 0. The highest BCUT2D eigenvalue weighted by Gasteiger charge is 2.28. The molecule has 54 valence electrons. The Hall–Kier alpha value is -0.120. The van der Waals surface area contributed by atoms with E-state index in [9.17, 15) is 0 Å². The molecule has 0 bridgehead atoms. The molecule has 1 heterocycles. The quantitative estimate of drug-likeness (QED) is 0.503. The molecule has 0 spiro atoms. The Morgan fingerprint density at radius 2 is 2.44 bits per heavy atom. The lowest BCUT2D eigenvalue weighted by atomic mass is 10.1. The van der Waals surface area contributed by atoms with E-state index in [1.165, 1.54) is 0 Å². The van der Waals surface area contributed by atoms with Crippen LogP contribution in [0.4, 0.5) is 0 Å². The fourth-order valence-corrected chi connectivity index (χ4v) is 1.17. The zero-order valence-corrected chi connectivity index (χ0v) is 5.58. The van der Waals surface area contributed by atoms with Gasteiger partial charge in [0.05, 0.1) is 18.8 Å². The molecule has 0 aliphatic carbocycles. The predicted molar refractivity (Wildman–Crippen MR) is 34.0 cm³/mol. The average molecular weight is 131 g/mol. The topological polar surface area (TPSA) is 55.5 Å². The lowest BCUT2D eigenvalue weighted by molar-refractivity contribution is 0.0156. The van der Waals surface area contributed by atoms with Crippen LogP contribution in [-0.4, -0.2) is 30.0 Å². The highest BCUT2D eigenvalue weighted by Crippen LogP contribution is 2.17. The third-order valence-electron chi connectivity index (χ3n) is 1.67. The lowest BCUT2D eigenvalue weighted by Crippen LogP contribution is -2.32. The maximum atomic E-state index is 8.65. The molecular weight excluding hydrogens is 118 g/mol. The standard InChI is InChI=1S/C6H13NO2/c1-4-2-5(7)6(3-8)9-4/h4-6,8H,2-3,7H2,1H3/t4-,5+,6+/m0/s1. The monoisotopic (exact) mass is 131 g/mol. The van der Waals surface area contributed by atoms with Gasteiger partial charge in [-0.25, -0.2) is 0 Å². The number of nitrogens with two attached hydrogens (primary N) is 1. The Morgan fingerprint density at radius 3 is 2.67 bits per heavy atom. The zero-order chi connectivity index (χ0) is 6.85. The van der Waals surface area contributed by atoms with E-state index in [0.717, 1.165) is 6.42 Å². The van der Waals surface area contributed by atoms with Gasteiger partial charge < -0.3 is 15.6 Å². The molecule has 3 heteroatoms. The summed E-state index contributed by atoms with van der Waals surface area (Å²) < 4.78 is 5.25. The largest absolute Gasteiger partial charge is 0.394 e. The highest BCUT2D eigenvalue weighted by atomic mass is 16.5. The fraction of sp³-hybridized carbons (Fsp3) is 1.00. The van der Waals surface area contributed by atoms with Crippen LogP contribution in [0, 0.1) is 0 Å². The van der Waals surface area contributed by atoms with Crippen molar-refractivity contribution in [2.45, 2.75) is 31.6 Å². The fourth-order valence-electron chi connectivity index (χ4n) is 1.17. The molecule has 9 heavy (non-hydrogen) atoms. The van der Waals surface area contributed by atoms with Crippen molar-refractivity contribution in [2.24, 2.45) is 5.73 Å². The normalized spacial score (nSPS) is 43.7.